The Balaban J connectivity index is 2.76. The molecule has 1 N–H and O–H groups in total. The normalized spacial score (nSPS) is 12.0. The molecular weight excluding hydrogens is 237 g/mol. The summed E-state index contributed by atoms with van der Waals surface area (Å²) in [6, 6.07) is 3.38. The third-order valence-corrected chi connectivity index (χ3v) is 2.47. The van der Waals surface area contributed by atoms with E-state index in [0.717, 1.165) is 12.1 Å². The third kappa shape index (κ3) is 1.92. The van der Waals surface area contributed by atoms with Gasteiger partial charge in [0.1, 0.15) is 10.5 Å². The fourth-order valence-electron chi connectivity index (χ4n) is 1.45. The first-order valence-corrected chi connectivity index (χ1v) is 4.86. The molecule has 0 spiro atoms. The van der Waals surface area contributed by atoms with Crippen molar-refractivity contribution < 1.29 is 13.2 Å². The van der Waals surface area contributed by atoms with Crippen LogP contribution in [0.4, 0.5) is 13.2 Å². The number of nitrogens with zero attached hydrogens (tertiary/aromatic N) is 1. The minimum absolute atomic E-state index is 0.306. The number of aryl methyl sites for hydroxylation is 1. The fourth-order valence-corrected chi connectivity index (χ4v) is 1.76. The number of halogens is 3. The lowest BCUT2D eigenvalue weighted by atomic mass is 10.1. The summed E-state index contributed by atoms with van der Waals surface area (Å²) in [7, 11) is 0. The molecule has 6 heteroatoms. The van der Waals surface area contributed by atoms with Gasteiger partial charge in [0.05, 0.1) is 11.1 Å². The highest BCUT2D eigenvalue weighted by atomic mass is 32.1. The first kappa shape index (κ1) is 11.1. The molecule has 0 bridgehead atoms. The van der Waals surface area contributed by atoms with E-state index in [1.807, 2.05) is 0 Å². The Hall–Kier alpha value is -1.43. The number of H-pyrrole nitrogens is 1. The lowest BCUT2D eigenvalue weighted by Crippen LogP contribution is -2.05. The molecule has 0 unspecified atom stereocenters. The number of hydrogen-bond donors (Lipinski definition) is 1. The smallest absolute Gasteiger partial charge is 0.343 e. The van der Waals surface area contributed by atoms with Crippen LogP contribution in [-0.4, -0.2) is 9.97 Å². The van der Waals surface area contributed by atoms with Crippen molar-refractivity contribution >= 4 is 23.1 Å². The van der Waals surface area contributed by atoms with Crippen LogP contribution < -0.4 is 0 Å². The first-order valence-electron chi connectivity index (χ1n) is 4.46. The van der Waals surface area contributed by atoms with Crippen molar-refractivity contribution in [2.75, 3.05) is 0 Å². The first-order chi connectivity index (χ1) is 7.38. The Bertz CT molecular complexity index is 601. The van der Waals surface area contributed by atoms with Gasteiger partial charge in [-0.25, -0.2) is 4.98 Å². The Morgan fingerprint density at radius 1 is 1.31 bits per heavy atom. The highest BCUT2D eigenvalue weighted by molar-refractivity contribution is 7.71. The van der Waals surface area contributed by atoms with Gasteiger partial charge in [0.2, 0.25) is 0 Å². The SMILES string of the molecule is Cc1nc(=S)c2ccc(C(F)(F)F)cc2[nH]1. The van der Waals surface area contributed by atoms with Crippen molar-refractivity contribution in [3.8, 4) is 0 Å². The maximum atomic E-state index is 12.5. The minimum atomic E-state index is -4.35. The Kier molecular flexibility index (Phi) is 2.46. The van der Waals surface area contributed by atoms with Crippen LogP contribution in [0.5, 0.6) is 0 Å². The molecule has 0 fully saturated rings. The topological polar surface area (TPSA) is 28.7 Å². The Labute approximate surface area is 94.1 Å². The van der Waals surface area contributed by atoms with Crippen LogP contribution in [0.3, 0.4) is 0 Å². The molecule has 0 amide bonds. The molecule has 1 aromatic carbocycles. The quantitative estimate of drug-likeness (QED) is 0.717. The molecule has 2 aromatic rings. The minimum Gasteiger partial charge on any atom is -0.343 e. The van der Waals surface area contributed by atoms with Gasteiger partial charge in [0.25, 0.3) is 0 Å². The largest absolute Gasteiger partial charge is 0.416 e. The number of fused-ring (bicyclic) bond motifs is 1. The van der Waals surface area contributed by atoms with Crippen LogP contribution in [0.2, 0.25) is 0 Å². The van der Waals surface area contributed by atoms with Gasteiger partial charge in [-0.2, -0.15) is 13.2 Å². The molecule has 16 heavy (non-hydrogen) atoms. The van der Waals surface area contributed by atoms with E-state index < -0.39 is 11.7 Å². The van der Waals surface area contributed by atoms with E-state index in [2.05, 4.69) is 9.97 Å². The molecule has 0 aliphatic heterocycles. The molecule has 2 nitrogen and oxygen atoms in total. The van der Waals surface area contributed by atoms with E-state index in [-0.39, 0.29) is 0 Å². The highest BCUT2D eigenvalue weighted by Gasteiger charge is 2.30. The maximum absolute atomic E-state index is 12.5. The molecular formula is C10H7F3N2S. The van der Waals surface area contributed by atoms with Crippen molar-refractivity contribution in [1.82, 2.24) is 9.97 Å². The van der Waals surface area contributed by atoms with E-state index in [0.29, 0.717) is 21.4 Å². The number of aromatic nitrogens is 2. The number of aromatic amines is 1. The van der Waals surface area contributed by atoms with Crippen LogP contribution >= 0.6 is 12.2 Å². The maximum Gasteiger partial charge on any atom is 0.416 e. The summed E-state index contributed by atoms with van der Waals surface area (Å²) in [5, 5.41) is 0.522. The lowest BCUT2D eigenvalue weighted by molar-refractivity contribution is -0.137. The van der Waals surface area contributed by atoms with Crippen LogP contribution in [0, 0.1) is 11.6 Å². The average Bonchev–Trinajstić information content (AvgIpc) is 2.15. The second-order valence-electron chi connectivity index (χ2n) is 3.39. The summed E-state index contributed by atoms with van der Waals surface area (Å²) in [4.78, 5) is 6.74. The highest BCUT2D eigenvalue weighted by Crippen LogP contribution is 2.30. The predicted octanol–water partition coefficient (Wildman–Crippen LogP) is 3.62. The van der Waals surface area contributed by atoms with Crippen LogP contribution in [0.15, 0.2) is 18.2 Å². The van der Waals surface area contributed by atoms with Gasteiger partial charge < -0.3 is 4.98 Å². The summed E-state index contributed by atoms with van der Waals surface area (Å²) < 4.78 is 37.7. The van der Waals surface area contributed by atoms with Gasteiger partial charge in [-0.05, 0) is 25.1 Å². The summed E-state index contributed by atoms with van der Waals surface area (Å²) >= 11 is 4.97. The van der Waals surface area contributed by atoms with Gasteiger partial charge in [0.15, 0.2) is 0 Å². The summed E-state index contributed by atoms with van der Waals surface area (Å²) in [5.41, 5.74) is -0.344. The molecule has 0 saturated heterocycles. The van der Waals surface area contributed by atoms with E-state index in [9.17, 15) is 13.2 Å². The number of benzene rings is 1. The van der Waals surface area contributed by atoms with Crippen molar-refractivity contribution in [1.29, 1.82) is 0 Å². The Morgan fingerprint density at radius 2 is 2.00 bits per heavy atom. The fraction of sp³-hybridized carbons (Fsp3) is 0.200. The predicted molar refractivity (Wildman–Crippen MR) is 56.7 cm³/mol. The van der Waals surface area contributed by atoms with Crippen LogP contribution in [0.25, 0.3) is 10.9 Å². The number of hydrogen-bond acceptors (Lipinski definition) is 2. The van der Waals surface area contributed by atoms with Gasteiger partial charge in [-0.1, -0.05) is 12.2 Å². The van der Waals surface area contributed by atoms with E-state index >= 15 is 0 Å². The van der Waals surface area contributed by atoms with Gasteiger partial charge in [-0.3, -0.25) is 0 Å². The standard InChI is InChI=1S/C10H7F3N2S/c1-5-14-8-4-6(10(11,12)13)2-3-7(8)9(16)15-5/h2-4H,1H3,(H,14,15,16). The monoisotopic (exact) mass is 244 g/mol. The lowest BCUT2D eigenvalue weighted by Gasteiger charge is -2.08. The molecule has 0 saturated carbocycles. The van der Waals surface area contributed by atoms with Crippen molar-refractivity contribution in [2.45, 2.75) is 13.1 Å². The molecule has 2 rings (SSSR count). The molecule has 1 aromatic heterocycles. The van der Waals surface area contributed by atoms with Crippen molar-refractivity contribution in [2.24, 2.45) is 0 Å². The van der Waals surface area contributed by atoms with E-state index in [1.54, 1.807) is 6.92 Å². The second-order valence-corrected chi connectivity index (χ2v) is 3.77. The zero-order valence-corrected chi connectivity index (χ0v) is 9.04. The zero-order valence-electron chi connectivity index (χ0n) is 8.22. The van der Waals surface area contributed by atoms with Gasteiger partial charge in [-0.15, -0.1) is 0 Å². The summed E-state index contributed by atoms with van der Waals surface area (Å²) in [6.45, 7) is 1.65. The summed E-state index contributed by atoms with van der Waals surface area (Å²) in [5.74, 6) is 0.497. The number of nitrogens with one attached hydrogen (secondary N) is 1. The van der Waals surface area contributed by atoms with E-state index in [1.165, 1.54) is 6.07 Å². The van der Waals surface area contributed by atoms with Crippen molar-refractivity contribution in [3.05, 3.63) is 34.2 Å². The van der Waals surface area contributed by atoms with Crippen LogP contribution in [-0.2, 0) is 6.18 Å². The van der Waals surface area contributed by atoms with E-state index in [4.69, 9.17) is 12.2 Å². The number of rotatable bonds is 0. The average molecular weight is 244 g/mol. The summed E-state index contributed by atoms with van der Waals surface area (Å²) in [6.07, 6.45) is -4.35. The third-order valence-electron chi connectivity index (χ3n) is 2.16. The zero-order chi connectivity index (χ0) is 11.9. The number of alkyl halides is 3. The molecule has 0 aliphatic carbocycles. The molecule has 1 heterocycles. The Morgan fingerprint density at radius 3 is 2.62 bits per heavy atom. The van der Waals surface area contributed by atoms with Crippen molar-refractivity contribution in [3.63, 3.8) is 0 Å². The molecule has 0 atom stereocenters. The van der Waals surface area contributed by atoms with Gasteiger partial charge in [0, 0.05) is 5.39 Å². The van der Waals surface area contributed by atoms with Gasteiger partial charge >= 0.3 is 6.18 Å². The van der Waals surface area contributed by atoms with Crippen LogP contribution in [0.1, 0.15) is 11.4 Å². The molecule has 0 aliphatic rings. The molecule has 0 radical (unpaired) electrons. The molecule has 84 valence electrons. The second kappa shape index (κ2) is 3.55.